The first kappa shape index (κ1) is 16.0. The van der Waals surface area contributed by atoms with Gasteiger partial charge in [0.15, 0.2) is 5.79 Å². The van der Waals surface area contributed by atoms with Crippen LogP contribution in [0.1, 0.15) is 53.4 Å². The molecule has 1 heterocycles. The third kappa shape index (κ3) is 5.63. The van der Waals surface area contributed by atoms with Crippen molar-refractivity contribution in [1.29, 1.82) is 0 Å². The van der Waals surface area contributed by atoms with Gasteiger partial charge >= 0.3 is 5.97 Å². The van der Waals surface area contributed by atoms with Gasteiger partial charge in [-0.15, -0.1) is 0 Å². The van der Waals surface area contributed by atoms with E-state index in [2.05, 4.69) is 18.8 Å². The average molecular weight is 268 g/mol. The summed E-state index contributed by atoms with van der Waals surface area (Å²) in [4.78, 5) is 11.2. The molecule has 0 N–H and O–H groups in total. The summed E-state index contributed by atoms with van der Waals surface area (Å²) >= 11 is 0. The first-order valence-electron chi connectivity index (χ1n) is 7.02. The van der Waals surface area contributed by atoms with Gasteiger partial charge in [-0.3, -0.25) is 0 Å². The van der Waals surface area contributed by atoms with Crippen molar-refractivity contribution in [1.82, 2.24) is 0 Å². The van der Waals surface area contributed by atoms with Gasteiger partial charge in [0, 0.05) is 5.92 Å². The molecule has 0 aromatic rings. The second-order valence-electron chi connectivity index (χ2n) is 5.08. The minimum absolute atomic E-state index is 0.0662. The summed E-state index contributed by atoms with van der Waals surface area (Å²) in [5.41, 5.74) is 0. The summed E-state index contributed by atoms with van der Waals surface area (Å²) in [7, 11) is 0. The lowest BCUT2D eigenvalue weighted by molar-refractivity contribution is -0.143. The van der Waals surface area contributed by atoms with Crippen LogP contribution in [0.5, 0.6) is 0 Å². The summed E-state index contributed by atoms with van der Waals surface area (Å²) in [5.74, 6) is 4.15. The van der Waals surface area contributed by atoms with E-state index in [1.807, 2.05) is 13.8 Å². The predicted molar refractivity (Wildman–Crippen MR) is 72.4 cm³/mol. The Balaban J connectivity index is 2.59. The Morgan fingerprint density at radius 1 is 1.26 bits per heavy atom. The third-order valence-electron chi connectivity index (χ3n) is 2.87. The Bertz CT molecular complexity index is 351. The summed E-state index contributed by atoms with van der Waals surface area (Å²) < 4.78 is 16.3. The Hall–Kier alpha value is -1.05. The van der Waals surface area contributed by atoms with E-state index in [0.29, 0.717) is 6.61 Å². The van der Waals surface area contributed by atoms with Crippen molar-refractivity contribution in [2.24, 2.45) is 0 Å². The zero-order valence-corrected chi connectivity index (χ0v) is 12.3. The number of esters is 1. The highest BCUT2D eigenvalue weighted by atomic mass is 16.7. The van der Waals surface area contributed by atoms with Gasteiger partial charge < -0.3 is 14.2 Å². The van der Waals surface area contributed by atoms with E-state index in [-0.39, 0.29) is 12.2 Å². The smallest absolute Gasteiger partial charge is 0.384 e. The molecule has 0 aromatic heterocycles. The number of hydrogen-bond acceptors (Lipinski definition) is 4. The van der Waals surface area contributed by atoms with Crippen LogP contribution in [0.2, 0.25) is 0 Å². The fourth-order valence-electron chi connectivity index (χ4n) is 2.06. The summed E-state index contributed by atoms with van der Waals surface area (Å²) in [6, 6.07) is 0. The molecule has 108 valence electrons. The van der Waals surface area contributed by atoms with Crippen molar-refractivity contribution in [3.8, 4) is 11.8 Å². The van der Waals surface area contributed by atoms with Gasteiger partial charge in [-0.25, -0.2) is 4.79 Å². The normalized spacial score (nSPS) is 24.6. The number of carbonyl (C=O) groups is 1. The third-order valence-corrected chi connectivity index (χ3v) is 2.87. The predicted octanol–water partition coefficient (Wildman–Crippen LogP) is 2.65. The molecule has 4 nitrogen and oxygen atoms in total. The van der Waals surface area contributed by atoms with Crippen molar-refractivity contribution < 1.29 is 19.0 Å². The van der Waals surface area contributed by atoms with Crippen LogP contribution < -0.4 is 0 Å². The topological polar surface area (TPSA) is 44.8 Å². The Morgan fingerprint density at radius 3 is 2.63 bits per heavy atom. The largest absolute Gasteiger partial charge is 0.456 e. The van der Waals surface area contributed by atoms with Crippen LogP contribution in [0.15, 0.2) is 0 Å². The van der Waals surface area contributed by atoms with Gasteiger partial charge in [0.05, 0.1) is 12.7 Å². The molecule has 1 rings (SSSR count). The van der Waals surface area contributed by atoms with E-state index in [1.165, 1.54) is 0 Å². The van der Waals surface area contributed by atoms with Crippen LogP contribution in [0.3, 0.4) is 0 Å². The van der Waals surface area contributed by atoms with Gasteiger partial charge in [-0.1, -0.05) is 32.1 Å². The molecule has 0 bridgehead atoms. The highest BCUT2D eigenvalue weighted by Crippen LogP contribution is 2.30. The molecular formula is C15H24O4. The molecule has 1 aliphatic heterocycles. The number of unbranched alkanes of at least 4 members (excludes halogenated alkanes) is 2. The molecular weight excluding hydrogens is 244 g/mol. The van der Waals surface area contributed by atoms with Crippen LogP contribution in [-0.4, -0.2) is 30.6 Å². The fourth-order valence-corrected chi connectivity index (χ4v) is 2.06. The highest BCUT2D eigenvalue weighted by molar-refractivity contribution is 5.88. The molecule has 0 unspecified atom stereocenters. The van der Waals surface area contributed by atoms with Gasteiger partial charge in [-0.2, -0.15) is 0 Å². The Kier molecular flexibility index (Phi) is 6.33. The average Bonchev–Trinajstić information content (AvgIpc) is 2.62. The van der Waals surface area contributed by atoms with E-state index < -0.39 is 11.8 Å². The first-order chi connectivity index (χ1) is 8.98. The van der Waals surface area contributed by atoms with Crippen molar-refractivity contribution in [2.45, 2.75) is 71.4 Å². The van der Waals surface area contributed by atoms with Crippen LogP contribution in [-0.2, 0) is 19.0 Å². The van der Waals surface area contributed by atoms with Crippen LogP contribution in [0, 0.1) is 11.8 Å². The van der Waals surface area contributed by atoms with Crippen molar-refractivity contribution >= 4 is 5.97 Å². The number of hydrogen-bond donors (Lipinski definition) is 0. The maximum absolute atomic E-state index is 11.2. The number of carbonyl (C=O) groups excluding carboxylic acids is 1. The second kappa shape index (κ2) is 7.52. The van der Waals surface area contributed by atoms with Crippen molar-refractivity contribution in [3.63, 3.8) is 0 Å². The molecule has 0 amide bonds. The van der Waals surface area contributed by atoms with E-state index in [1.54, 1.807) is 6.92 Å². The minimum atomic E-state index is -0.634. The van der Waals surface area contributed by atoms with E-state index >= 15 is 0 Å². The van der Waals surface area contributed by atoms with Crippen LogP contribution in [0.4, 0.5) is 0 Å². The molecule has 2 atom stereocenters. The molecule has 1 saturated heterocycles. The van der Waals surface area contributed by atoms with Crippen LogP contribution in [0.25, 0.3) is 0 Å². The lowest BCUT2D eigenvalue weighted by atomic mass is 10.1. The lowest BCUT2D eigenvalue weighted by Crippen LogP contribution is -2.21. The monoisotopic (exact) mass is 268 g/mol. The van der Waals surface area contributed by atoms with E-state index in [9.17, 15) is 4.79 Å². The number of rotatable bonds is 5. The van der Waals surface area contributed by atoms with Crippen molar-refractivity contribution in [2.75, 3.05) is 6.61 Å². The number of ether oxygens (including phenoxy) is 3. The maximum atomic E-state index is 11.2. The first-order valence-corrected chi connectivity index (χ1v) is 7.02. The molecule has 1 fully saturated rings. The Morgan fingerprint density at radius 2 is 2.00 bits per heavy atom. The Labute approximate surface area is 115 Å². The minimum Gasteiger partial charge on any atom is -0.456 e. The van der Waals surface area contributed by atoms with Gasteiger partial charge in [-0.05, 0) is 27.2 Å². The molecule has 0 radical (unpaired) electrons. The van der Waals surface area contributed by atoms with E-state index in [4.69, 9.17) is 14.2 Å². The molecule has 0 aliphatic carbocycles. The zero-order chi connectivity index (χ0) is 14.3. The van der Waals surface area contributed by atoms with Gasteiger partial charge in [0.25, 0.3) is 0 Å². The second-order valence-corrected chi connectivity index (χ2v) is 5.08. The van der Waals surface area contributed by atoms with Crippen LogP contribution >= 0.6 is 0 Å². The molecule has 0 saturated carbocycles. The standard InChI is InChI=1S/C15H24O4/c1-5-7-8-9-12-13(19-15(3,4)18-12)10-11-14(16)17-6-2/h12-13H,5-9H2,1-4H3/t12-,13-/m1/s1. The summed E-state index contributed by atoms with van der Waals surface area (Å²) in [6.45, 7) is 7.98. The van der Waals surface area contributed by atoms with Crippen molar-refractivity contribution in [3.05, 3.63) is 0 Å². The van der Waals surface area contributed by atoms with Gasteiger partial charge in [0.2, 0.25) is 0 Å². The SMILES string of the molecule is CCCCC[C@H]1OC(C)(C)O[C@@H]1C#CC(=O)OCC. The summed E-state index contributed by atoms with van der Waals surface area (Å²) in [6.07, 6.45) is 3.89. The highest BCUT2D eigenvalue weighted by Gasteiger charge is 2.39. The molecule has 4 heteroatoms. The molecule has 0 spiro atoms. The molecule has 1 aliphatic rings. The fraction of sp³-hybridized carbons (Fsp3) is 0.800. The zero-order valence-electron chi connectivity index (χ0n) is 12.3. The summed E-state index contributed by atoms with van der Waals surface area (Å²) in [5, 5.41) is 0. The lowest BCUT2D eigenvalue weighted by Gasteiger charge is -2.16. The maximum Gasteiger partial charge on any atom is 0.384 e. The molecule has 19 heavy (non-hydrogen) atoms. The van der Waals surface area contributed by atoms with Gasteiger partial charge in [0.1, 0.15) is 6.10 Å². The quantitative estimate of drug-likeness (QED) is 0.333. The van der Waals surface area contributed by atoms with E-state index in [0.717, 1.165) is 25.7 Å². The molecule has 0 aromatic carbocycles.